The van der Waals surface area contributed by atoms with Crippen LogP contribution < -0.4 is 5.32 Å². The van der Waals surface area contributed by atoms with Crippen molar-refractivity contribution in [1.82, 2.24) is 5.32 Å². The van der Waals surface area contributed by atoms with Gasteiger partial charge >= 0.3 is 5.97 Å². The highest BCUT2D eigenvalue weighted by atomic mass is 16.5. The molecule has 1 heterocycles. The molecule has 2 atom stereocenters. The molecule has 1 saturated carbocycles. The van der Waals surface area contributed by atoms with Gasteiger partial charge in [-0.05, 0) is 45.4 Å². The van der Waals surface area contributed by atoms with Gasteiger partial charge in [0.25, 0.3) is 0 Å². The molecule has 1 saturated heterocycles. The molecule has 1 aliphatic heterocycles. The fourth-order valence-corrected chi connectivity index (χ4v) is 3.30. The third-order valence-corrected chi connectivity index (χ3v) is 4.57. The molecular weight excluding hydrogens is 282 g/mol. The molecule has 0 amide bonds. The average Bonchev–Trinajstić information content (AvgIpc) is 2.99. The average molecular weight is 313 g/mol. The van der Waals surface area contributed by atoms with Crippen molar-refractivity contribution in [3.05, 3.63) is 0 Å². The van der Waals surface area contributed by atoms with Crippen LogP contribution in [0, 0.1) is 5.92 Å². The molecule has 0 unspecified atom stereocenters. The lowest BCUT2D eigenvalue weighted by Crippen LogP contribution is -2.32. The van der Waals surface area contributed by atoms with E-state index in [9.17, 15) is 4.79 Å². The Morgan fingerprint density at radius 3 is 2.55 bits per heavy atom. The zero-order valence-corrected chi connectivity index (χ0v) is 14.0. The number of nitrogens with one attached hydrogen (secondary N) is 1. The molecule has 0 aromatic carbocycles. The molecule has 0 aromatic rings. The van der Waals surface area contributed by atoms with E-state index in [1.165, 1.54) is 0 Å². The largest absolute Gasteiger partial charge is 0.466 e. The van der Waals surface area contributed by atoms with Gasteiger partial charge in [-0.1, -0.05) is 6.92 Å². The van der Waals surface area contributed by atoms with Gasteiger partial charge in [-0.3, -0.25) is 4.79 Å². The van der Waals surface area contributed by atoms with E-state index in [1.54, 1.807) is 0 Å². The Morgan fingerprint density at radius 1 is 1.09 bits per heavy atom. The molecule has 0 aromatic heterocycles. The minimum Gasteiger partial charge on any atom is -0.466 e. The van der Waals surface area contributed by atoms with E-state index in [1.807, 2.05) is 6.92 Å². The van der Waals surface area contributed by atoms with E-state index in [4.69, 9.17) is 14.2 Å². The Balaban J connectivity index is 1.58. The number of rotatable bonds is 8. The van der Waals surface area contributed by atoms with E-state index in [2.05, 4.69) is 12.2 Å². The minimum atomic E-state index is -0.0330. The number of ether oxygens (including phenoxy) is 3. The smallest absolute Gasteiger partial charge is 0.308 e. The summed E-state index contributed by atoms with van der Waals surface area (Å²) < 4.78 is 16.9. The highest BCUT2D eigenvalue weighted by molar-refractivity contribution is 5.72. The summed E-state index contributed by atoms with van der Waals surface area (Å²) in [5.41, 5.74) is 0. The normalized spacial score (nSPS) is 32.1. The first-order valence-electron chi connectivity index (χ1n) is 8.86. The van der Waals surface area contributed by atoms with Gasteiger partial charge in [0.05, 0.1) is 31.3 Å². The Bertz CT molecular complexity index is 329. The van der Waals surface area contributed by atoms with Gasteiger partial charge in [0.2, 0.25) is 0 Å². The first kappa shape index (κ1) is 17.7. The molecule has 128 valence electrons. The summed E-state index contributed by atoms with van der Waals surface area (Å²) in [5, 5.41) is 3.47. The van der Waals surface area contributed by atoms with Gasteiger partial charge in [-0.2, -0.15) is 0 Å². The SMILES string of the molecule is CCCO[C@@H]1CN[C@H](CO[C@H]2CC[C@H](C(=O)OCC)CC2)C1. The zero-order chi connectivity index (χ0) is 15.8. The maximum absolute atomic E-state index is 11.7. The van der Waals surface area contributed by atoms with E-state index < -0.39 is 0 Å². The van der Waals surface area contributed by atoms with Crippen molar-refractivity contribution >= 4 is 5.97 Å². The summed E-state index contributed by atoms with van der Waals surface area (Å²) >= 11 is 0. The van der Waals surface area contributed by atoms with Crippen LogP contribution in [0.1, 0.15) is 52.4 Å². The third kappa shape index (κ3) is 5.52. The van der Waals surface area contributed by atoms with E-state index >= 15 is 0 Å². The van der Waals surface area contributed by atoms with Crippen molar-refractivity contribution in [2.75, 3.05) is 26.4 Å². The zero-order valence-electron chi connectivity index (χ0n) is 14.0. The molecule has 0 radical (unpaired) electrons. The van der Waals surface area contributed by atoms with Crippen LogP contribution in [0.25, 0.3) is 0 Å². The summed E-state index contributed by atoms with van der Waals surface area (Å²) in [4.78, 5) is 11.7. The number of carbonyl (C=O) groups excluding carboxylic acids is 1. The number of hydrogen-bond acceptors (Lipinski definition) is 5. The fourth-order valence-electron chi connectivity index (χ4n) is 3.30. The molecule has 5 heteroatoms. The van der Waals surface area contributed by atoms with Gasteiger partial charge in [-0.25, -0.2) is 0 Å². The van der Waals surface area contributed by atoms with Crippen molar-refractivity contribution in [2.24, 2.45) is 5.92 Å². The van der Waals surface area contributed by atoms with Crippen molar-refractivity contribution in [2.45, 2.75) is 70.6 Å². The molecular formula is C17H31NO4. The fraction of sp³-hybridized carbons (Fsp3) is 0.941. The Hall–Kier alpha value is -0.650. The molecule has 0 bridgehead atoms. The molecule has 1 aliphatic carbocycles. The first-order valence-corrected chi connectivity index (χ1v) is 8.86. The second-order valence-electron chi connectivity index (χ2n) is 6.39. The Kier molecular flexibility index (Phi) is 7.63. The molecule has 22 heavy (non-hydrogen) atoms. The lowest BCUT2D eigenvalue weighted by molar-refractivity contribution is -0.150. The van der Waals surface area contributed by atoms with Crippen LogP contribution in [0.4, 0.5) is 0 Å². The van der Waals surface area contributed by atoms with Gasteiger partial charge in [0.1, 0.15) is 0 Å². The monoisotopic (exact) mass is 313 g/mol. The predicted octanol–water partition coefficient (Wildman–Crippen LogP) is 2.28. The van der Waals surface area contributed by atoms with Gasteiger partial charge in [-0.15, -0.1) is 0 Å². The van der Waals surface area contributed by atoms with E-state index in [0.29, 0.717) is 24.9 Å². The summed E-state index contributed by atoms with van der Waals surface area (Å²) in [5.74, 6) is 0.0468. The van der Waals surface area contributed by atoms with Crippen molar-refractivity contribution in [3.8, 4) is 0 Å². The second kappa shape index (κ2) is 9.48. The molecule has 0 spiro atoms. The number of hydrogen-bond donors (Lipinski definition) is 1. The van der Waals surface area contributed by atoms with Gasteiger partial charge < -0.3 is 19.5 Å². The Morgan fingerprint density at radius 2 is 1.86 bits per heavy atom. The summed E-state index contributed by atoms with van der Waals surface area (Å²) in [6, 6.07) is 0.407. The molecule has 2 rings (SSSR count). The molecule has 2 aliphatic rings. The lowest BCUT2D eigenvalue weighted by atomic mass is 9.87. The highest BCUT2D eigenvalue weighted by Gasteiger charge is 2.29. The molecule has 5 nitrogen and oxygen atoms in total. The van der Waals surface area contributed by atoms with Gasteiger partial charge in [0.15, 0.2) is 0 Å². The summed E-state index contributed by atoms with van der Waals surface area (Å²) in [7, 11) is 0. The van der Waals surface area contributed by atoms with Crippen molar-refractivity contribution in [3.63, 3.8) is 0 Å². The van der Waals surface area contributed by atoms with Crippen LogP contribution in [0.2, 0.25) is 0 Å². The molecule has 1 N–H and O–H groups in total. The number of carbonyl (C=O) groups is 1. The quantitative estimate of drug-likeness (QED) is 0.697. The van der Waals surface area contributed by atoms with Crippen LogP contribution in [0.3, 0.4) is 0 Å². The maximum atomic E-state index is 11.7. The van der Waals surface area contributed by atoms with Crippen LogP contribution >= 0.6 is 0 Å². The predicted molar refractivity (Wildman–Crippen MR) is 84.8 cm³/mol. The van der Waals surface area contributed by atoms with Crippen molar-refractivity contribution in [1.29, 1.82) is 0 Å². The molecule has 2 fully saturated rings. The first-order chi connectivity index (χ1) is 10.7. The summed E-state index contributed by atoms with van der Waals surface area (Å²) in [6.07, 6.45) is 6.46. The number of esters is 1. The summed E-state index contributed by atoms with van der Waals surface area (Å²) in [6.45, 7) is 7.00. The Labute approximate surface area is 134 Å². The van der Waals surface area contributed by atoms with E-state index in [0.717, 1.165) is 58.3 Å². The third-order valence-electron chi connectivity index (χ3n) is 4.57. The minimum absolute atomic E-state index is 0.0330. The van der Waals surface area contributed by atoms with Gasteiger partial charge in [0, 0.05) is 19.2 Å². The maximum Gasteiger partial charge on any atom is 0.308 e. The second-order valence-corrected chi connectivity index (χ2v) is 6.39. The standard InChI is InChI=1S/C17H31NO4/c1-3-9-21-16-10-14(18-11-16)12-22-15-7-5-13(6-8-15)17(19)20-4-2/h13-16,18H,3-12H2,1-2H3/t13-,14-,15-,16-/m0/s1. The van der Waals surface area contributed by atoms with Crippen LogP contribution in [-0.4, -0.2) is 50.6 Å². The highest BCUT2D eigenvalue weighted by Crippen LogP contribution is 2.27. The van der Waals surface area contributed by atoms with Crippen LogP contribution in [0.15, 0.2) is 0 Å². The van der Waals surface area contributed by atoms with Crippen LogP contribution in [0.5, 0.6) is 0 Å². The van der Waals surface area contributed by atoms with Crippen LogP contribution in [-0.2, 0) is 19.0 Å². The van der Waals surface area contributed by atoms with Crippen molar-refractivity contribution < 1.29 is 19.0 Å². The van der Waals surface area contributed by atoms with E-state index in [-0.39, 0.29) is 11.9 Å². The topological polar surface area (TPSA) is 56.8 Å². The lowest BCUT2D eigenvalue weighted by Gasteiger charge is -2.28.